The molecule has 0 saturated carbocycles. The van der Waals surface area contributed by atoms with Gasteiger partial charge in [0.25, 0.3) is 0 Å². The number of benzene rings is 2. The normalized spacial score (nSPS) is 16.5. The summed E-state index contributed by atoms with van der Waals surface area (Å²) in [5.41, 5.74) is 0.375. The van der Waals surface area contributed by atoms with Crippen LogP contribution in [0.25, 0.3) is 0 Å². The summed E-state index contributed by atoms with van der Waals surface area (Å²) in [5, 5.41) is 13.7. The number of anilines is 2. The number of rotatable bonds is 3. The Morgan fingerprint density at radius 1 is 1.07 bits per heavy atom. The standard InChI is InChI=1S/C21H24F3N5O/c1-13(2)19-12-28(21(30)26-16-5-3-4-14(22)10-16)8-9-29(19)20(25)27-18-7-6-15(23)11-17(18)24/h3-7,10-11,13,19H,8-9,12H2,1-2H3,(H2,25,27)(H,26,30). The number of carbonyl (C=O) groups excluding carboxylic acids is 1. The molecule has 1 saturated heterocycles. The highest BCUT2D eigenvalue weighted by atomic mass is 19.1. The summed E-state index contributed by atoms with van der Waals surface area (Å²) >= 11 is 0. The van der Waals surface area contributed by atoms with Crippen LogP contribution in [0, 0.1) is 28.8 Å². The minimum atomic E-state index is -0.783. The van der Waals surface area contributed by atoms with E-state index in [4.69, 9.17) is 5.41 Å². The molecule has 1 aliphatic rings. The maximum absolute atomic E-state index is 13.9. The van der Waals surface area contributed by atoms with Crippen LogP contribution >= 0.6 is 0 Å². The summed E-state index contributed by atoms with van der Waals surface area (Å²) in [6, 6.07) is 8.23. The van der Waals surface area contributed by atoms with Crippen molar-refractivity contribution in [2.45, 2.75) is 19.9 Å². The molecule has 3 N–H and O–H groups in total. The number of guanidine groups is 1. The fourth-order valence-electron chi connectivity index (χ4n) is 3.40. The van der Waals surface area contributed by atoms with Crippen LogP contribution in [0.1, 0.15) is 13.8 Å². The van der Waals surface area contributed by atoms with Gasteiger partial charge in [0.15, 0.2) is 5.96 Å². The SMILES string of the molecule is CC(C)C1CN(C(=O)Nc2cccc(F)c2)CCN1C(=N)Nc1ccc(F)cc1F. The van der Waals surface area contributed by atoms with Crippen LogP contribution in [-0.2, 0) is 0 Å². The van der Waals surface area contributed by atoms with Gasteiger partial charge < -0.3 is 20.4 Å². The van der Waals surface area contributed by atoms with Crippen molar-refractivity contribution in [2.75, 3.05) is 30.3 Å². The summed E-state index contributed by atoms with van der Waals surface area (Å²) < 4.78 is 40.4. The van der Waals surface area contributed by atoms with Crippen molar-refractivity contribution >= 4 is 23.4 Å². The number of hydrogen-bond acceptors (Lipinski definition) is 2. The lowest BCUT2D eigenvalue weighted by Gasteiger charge is -2.44. The molecule has 0 radical (unpaired) electrons. The third-order valence-electron chi connectivity index (χ3n) is 5.02. The molecule has 2 amide bonds. The smallest absolute Gasteiger partial charge is 0.321 e. The molecule has 1 atom stereocenters. The molecule has 1 aliphatic heterocycles. The second-order valence-corrected chi connectivity index (χ2v) is 7.49. The first kappa shape index (κ1) is 21.5. The zero-order valence-corrected chi connectivity index (χ0v) is 16.8. The molecule has 1 fully saturated rings. The zero-order chi connectivity index (χ0) is 21.8. The van der Waals surface area contributed by atoms with Gasteiger partial charge in [-0.25, -0.2) is 18.0 Å². The number of urea groups is 1. The summed E-state index contributed by atoms with van der Waals surface area (Å²) in [4.78, 5) is 16.0. The first-order valence-corrected chi connectivity index (χ1v) is 9.63. The zero-order valence-electron chi connectivity index (χ0n) is 16.8. The lowest BCUT2D eigenvalue weighted by molar-refractivity contribution is 0.119. The fraction of sp³-hybridized carbons (Fsp3) is 0.333. The number of nitrogens with zero attached hydrogens (tertiary/aromatic N) is 2. The Bertz CT molecular complexity index is 937. The van der Waals surface area contributed by atoms with Crippen molar-refractivity contribution in [1.29, 1.82) is 5.41 Å². The minimum absolute atomic E-state index is 0.00943. The number of amides is 2. The van der Waals surface area contributed by atoms with Crippen molar-refractivity contribution < 1.29 is 18.0 Å². The first-order valence-electron chi connectivity index (χ1n) is 9.63. The van der Waals surface area contributed by atoms with E-state index in [9.17, 15) is 18.0 Å². The van der Waals surface area contributed by atoms with Gasteiger partial charge in [-0.2, -0.15) is 0 Å². The lowest BCUT2D eigenvalue weighted by atomic mass is 10.00. The van der Waals surface area contributed by atoms with Gasteiger partial charge in [-0.1, -0.05) is 19.9 Å². The molecule has 0 aliphatic carbocycles. The van der Waals surface area contributed by atoms with E-state index in [1.54, 1.807) is 15.9 Å². The molecule has 3 rings (SSSR count). The molecule has 1 heterocycles. The van der Waals surface area contributed by atoms with Gasteiger partial charge in [0.2, 0.25) is 0 Å². The van der Waals surface area contributed by atoms with Gasteiger partial charge in [-0.15, -0.1) is 0 Å². The maximum atomic E-state index is 13.9. The van der Waals surface area contributed by atoms with E-state index < -0.39 is 17.5 Å². The van der Waals surface area contributed by atoms with Crippen molar-refractivity contribution in [3.05, 3.63) is 59.9 Å². The highest BCUT2D eigenvalue weighted by Gasteiger charge is 2.33. The van der Waals surface area contributed by atoms with Gasteiger partial charge in [0, 0.05) is 31.4 Å². The van der Waals surface area contributed by atoms with Crippen molar-refractivity contribution in [3.63, 3.8) is 0 Å². The summed E-state index contributed by atoms with van der Waals surface area (Å²) in [6.45, 7) is 4.97. The van der Waals surface area contributed by atoms with E-state index in [2.05, 4.69) is 10.6 Å². The Morgan fingerprint density at radius 2 is 1.80 bits per heavy atom. The van der Waals surface area contributed by atoms with Crippen LogP contribution in [0.15, 0.2) is 42.5 Å². The number of halogens is 3. The second-order valence-electron chi connectivity index (χ2n) is 7.49. The van der Waals surface area contributed by atoms with Crippen molar-refractivity contribution in [2.24, 2.45) is 5.92 Å². The van der Waals surface area contributed by atoms with Crippen LogP contribution in [0.4, 0.5) is 29.3 Å². The van der Waals surface area contributed by atoms with E-state index in [1.165, 1.54) is 24.3 Å². The molecule has 0 aromatic heterocycles. The van der Waals surface area contributed by atoms with E-state index in [0.717, 1.165) is 12.1 Å². The summed E-state index contributed by atoms with van der Waals surface area (Å²) in [5.74, 6) is -1.85. The first-order chi connectivity index (χ1) is 14.2. The Labute approximate surface area is 173 Å². The Hall–Kier alpha value is -3.23. The number of nitrogens with one attached hydrogen (secondary N) is 3. The van der Waals surface area contributed by atoms with Crippen LogP contribution in [0.2, 0.25) is 0 Å². The predicted octanol–water partition coefficient (Wildman–Crippen LogP) is 4.32. The second kappa shape index (κ2) is 9.06. The van der Waals surface area contributed by atoms with E-state index in [1.807, 2.05) is 13.8 Å². The van der Waals surface area contributed by atoms with Crippen molar-refractivity contribution in [3.8, 4) is 0 Å². The molecule has 0 spiro atoms. The third-order valence-corrected chi connectivity index (χ3v) is 5.02. The maximum Gasteiger partial charge on any atom is 0.321 e. The van der Waals surface area contributed by atoms with Crippen LogP contribution < -0.4 is 10.6 Å². The molecule has 9 heteroatoms. The Kier molecular flexibility index (Phi) is 6.49. The highest BCUT2D eigenvalue weighted by Crippen LogP contribution is 2.21. The molecule has 160 valence electrons. The lowest BCUT2D eigenvalue weighted by Crippen LogP contribution is -2.60. The Balaban J connectivity index is 1.67. The van der Waals surface area contributed by atoms with E-state index in [-0.39, 0.29) is 29.6 Å². The number of carbonyl (C=O) groups is 1. The van der Waals surface area contributed by atoms with Crippen LogP contribution in [0.5, 0.6) is 0 Å². The van der Waals surface area contributed by atoms with Crippen LogP contribution in [0.3, 0.4) is 0 Å². The average molecular weight is 419 g/mol. The summed E-state index contributed by atoms with van der Waals surface area (Å²) in [6.07, 6.45) is 0. The minimum Gasteiger partial charge on any atom is -0.336 e. The quantitative estimate of drug-likeness (QED) is 0.512. The largest absolute Gasteiger partial charge is 0.336 e. The van der Waals surface area contributed by atoms with Gasteiger partial charge in [0.1, 0.15) is 17.5 Å². The highest BCUT2D eigenvalue weighted by molar-refractivity contribution is 5.92. The van der Waals surface area contributed by atoms with Gasteiger partial charge in [-0.05, 0) is 36.2 Å². The third kappa shape index (κ3) is 5.03. The topological polar surface area (TPSA) is 71.5 Å². The molecule has 1 unspecified atom stereocenters. The van der Waals surface area contributed by atoms with E-state index in [0.29, 0.717) is 25.3 Å². The number of hydrogen-bond donors (Lipinski definition) is 3. The van der Waals surface area contributed by atoms with Gasteiger partial charge in [0.05, 0.1) is 11.7 Å². The molecular weight excluding hydrogens is 395 g/mol. The van der Waals surface area contributed by atoms with Gasteiger partial charge >= 0.3 is 6.03 Å². The fourth-order valence-corrected chi connectivity index (χ4v) is 3.40. The Morgan fingerprint density at radius 3 is 2.47 bits per heavy atom. The average Bonchev–Trinajstić information content (AvgIpc) is 2.69. The monoisotopic (exact) mass is 419 g/mol. The molecular formula is C21H24F3N5O. The number of piperazine rings is 1. The van der Waals surface area contributed by atoms with Gasteiger partial charge in [-0.3, -0.25) is 5.41 Å². The van der Waals surface area contributed by atoms with Crippen LogP contribution in [-0.4, -0.2) is 47.5 Å². The van der Waals surface area contributed by atoms with Crippen molar-refractivity contribution in [1.82, 2.24) is 9.80 Å². The van der Waals surface area contributed by atoms with E-state index >= 15 is 0 Å². The molecule has 6 nitrogen and oxygen atoms in total. The predicted molar refractivity (Wildman–Crippen MR) is 110 cm³/mol. The molecule has 30 heavy (non-hydrogen) atoms. The molecule has 2 aromatic carbocycles. The molecule has 2 aromatic rings. The molecule has 0 bridgehead atoms. The summed E-state index contributed by atoms with van der Waals surface area (Å²) in [7, 11) is 0.